The summed E-state index contributed by atoms with van der Waals surface area (Å²) < 4.78 is 0. The minimum absolute atomic E-state index is 0.0290. The third kappa shape index (κ3) is 4.29. The fourth-order valence-electron chi connectivity index (χ4n) is 1.93. The minimum Gasteiger partial charge on any atom is -0.369 e. The van der Waals surface area contributed by atoms with Gasteiger partial charge in [0.25, 0.3) is 0 Å². The number of anilines is 1. The van der Waals surface area contributed by atoms with Crippen LogP contribution in [0.4, 0.5) is 5.82 Å². The van der Waals surface area contributed by atoms with E-state index in [1.165, 1.54) is 0 Å². The molecule has 5 nitrogen and oxygen atoms in total. The number of para-hydroxylation sites is 1. The van der Waals surface area contributed by atoms with Gasteiger partial charge in [-0.25, -0.2) is 9.97 Å². The van der Waals surface area contributed by atoms with Gasteiger partial charge in [-0.2, -0.15) is 0 Å². The van der Waals surface area contributed by atoms with Gasteiger partial charge < -0.3 is 10.6 Å². The summed E-state index contributed by atoms with van der Waals surface area (Å²) >= 11 is 5.91. The number of benzene rings is 1. The summed E-state index contributed by atoms with van der Waals surface area (Å²) in [5, 5.41) is 7.17. The van der Waals surface area contributed by atoms with Crippen LogP contribution in [-0.4, -0.2) is 28.5 Å². The lowest BCUT2D eigenvalue weighted by atomic mass is 10.2. The highest BCUT2D eigenvalue weighted by Crippen LogP contribution is 2.21. The van der Waals surface area contributed by atoms with Crippen LogP contribution >= 0.6 is 11.6 Å². The largest absolute Gasteiger partial charge is 0.369 e. The maximum absolute atomic E-state index is 11.7. The summed E-state index contributed by atoms with van der Waals surface area (Å²) in [5.74, 6) is 0.684. The first-order valence-corrected chi connectivity index (χ1v) is 7.43. The third-order valence-electron chi connectivity index (χ3n) is 3.24. The van der Waals surface area contributed by atoms with Crippen LogP contribution in [0.3, 0.4) is 0 Å². The number of nitrogens with one attached hydrogen (secondary N) is 2. The van der Waals surface area contributed by atoms with Crippen LogP contribution in [0.2, 0.25) is 5.28 Å². The Labute approximate surface area is 129 Å². The lowest BCUT2D eigenvalue weighted by molar-refractivity contribution is -0.121. The van der Waals surface area contributed by atoms with E-state index in [-0.39, 0.29) is 17.2 Å². The molecule has 1 amide bonds. The smallest absolute Gasteiger partial charge is 0.224 e. The SMILES string of the molecule is CCC(C)NC(=O)CCNc1nc(Cl)nc2ccccc12. The molecular weight excluding hydrogens is 288 g/mol. The van der Waals surface area contributed by atoms with Gasteiger partial charge in [-0.15, -0.1) is 0 Å². The molecule has 2 N–H and O–H groups in total. The van der Waals surface area contributed by atoms with Crippen LogP contribution in [0.15, 0.2) is 24.3 Å². The van der Waals surface area contributed by atoms with Crippen molar-refractivity contribution < 1.29 is 4.79 Å². The van der Waals surface area contributed by atoms with E-state index < -0.39 is 0 Å². The van der Waals surface area contributed by atoms with Gasteiger partial charge in [-0.3, -0.25) is 4.79 Å². The fraction of sp³-hybridized carbons (Fsp3) is 0.400. The number of aromatic nitrogens is 2. The number of amides is 1. The molecular formula is C15H19ClN4O. The van der Waals surface area contributed by atoms with Crippen molar-refractivity contribution in [3.05, 3.63) is 29.5 Å². The Bertz CT molecular complexity index is 632. The molecule has 6 heteroatoms. The van der Waals surface area contributed by atoms with Crippen molar-refractivity contribution in [2.75, 3.05) is 11.9 Å². The Balaban J connectivity index is 1.99. The highest BCUT2D eigenvalue weighted by atomic mass is 35.5. The van der Waals surface area contributed by atoms with Crippen LogP contribution in [0.1, 0.15) is 26.7 Å². The maximum Gasteiger partial charge on any atom is 0.224 e. The van der Waals surface area contributed by atoms with E-state index in [0.29, 0.717) is 18.8 Å². The Morgan fingerprint density at radius 1 is 1.33 bits per heavy atom. The number of halogens is 1. The summed E-state index contributed by atoms with van der Waals surface area (Å²) in [5.41, 5.74) is 0.782. The summed E-state index contributed by atoms with van der Waals surface area (Å²) in [6.45, 7) is 4.53. The zero-order valence-electron chi connectivity index (χ0n) is 12.2. The van der Waals surface area contributed by atoms with Crippen molar-refractivity contribution in [2.45, 2.75) is 32.7 Å². The molecule has 1 aromatic carbocycles. The van der Waals surface area contributed by atoms with Gasteiger partial charge in [0.05, 0.1) is 5.52 Å². The first kappa shape index (κ1) is 15.5. The minimum atomic E-state index is 0.0290. The van der Waals surface area contributed by atoms with Gasteiger partial charge in [0.15, 0.2) is 0 Å². The molecule has 0 spiro atoms. The zero-order chi connectivity index (χ0) is 15.2. The molecule has 2 rings (SSSR count). The van der Waals surface area contributed by atoms with Crippen LogP contribution in [-0.2, 0) is 4.79 Å². The van der Waals surface area contributed by atoms with E-state index in [1.54, 1.807) is 0 Å². The van der Waals surface area contributed by atoms with Crippen molar-refractivity contribution in [2.24, 2.45) is 0 Å². The predicted octanol–water partition coefficient (Wildman–Crippen LogP) is 3.00. The van der Waals surface area contributed by atoms with Crippen molar-refractivity contribution in [3.63, 3.8) is 0 Å². The lowest BCUT2D eigenvalue weighted by Crippen LogP contribution is -2.33. The number of carbonyl (C=O) groups is 1. The predicted molar refractivity (Wildman–Crippen MR) is 85.6 cm³/mol. The topological polar surface area (TPSA) is 66.9 Å². The van der Waals surface area contributed by atoms with Crippen LogP contribution in [0, 0.1) is 0 Å². The van der Waals surface area contributed by atoms with E-state index in [1.807, 2.05) is 38.1 Å². The van der Waals surface area contributed by atoms with Gasteiger partial charge in [-0.1, -0.05) is 19.1 Å². The second-order valence-electron chi connectivity index (χ2n) is 4.91. The molecule has 1 atom stereocenters. The molecule has 112 valence electrons. The van der Waals surface area contributed by atoms with E-state index in [9.17, 15) is 4.79 Å². The van der Waals surface area contributed by atoms with Gasteiger partial charge in [0, 0.05) is 24.4 Å². The second kappa shape index (κ2) is 7.22. The number of hydrogen-bond acceptors (Lipinski definition) is 4. The Kier molecular flexibility index (Phi) is 5.33. The van der Waals surface area contributed by atoms with Gasteiger partial charge in [0.2, 0.25) is 11.2 Å². The first-order chi connectivity index (χ1) is 10.1. The molecule has 21 heavy (non-hydrogen) atoms. The normalized spacial score (nSPS) is 12.1. The average molecular weight is 307 g/mol. The monoisotopic (exact) mass is 306 g/mol. The summed E-state index contributed by atoms with van der Waals surface area (Å²) in [6.07, 6.45) is 1.31. The van der Waals surface area contributed by atoms with E-state index in [4.69, 9.17) is 11.6 Å². The lowest BCUT2D eigenvalue weighted by Gasteiger charge is -2.12. The van der Waals surface area contributed by atoms with E-state index >= 15 is 0 Å². The standard InChI is InChI=1S/C15H19ClN4O/c1-3-10(2)18-13(21)8-9-17-14-11-6-4-5-7-12(11)19-15(16)20-14/h4-7,10H,3,8-9H2,1-2H3,(H,18,21)(H,17,19,20). The molecule has 0 bridgehead atoms. The molecule has 0 radical (unpaired) electrons. The molecule has 0 saturated carbocycles. The van der Waals surface area contributed by atoms with Gasteiger partial charge in [-0.05, 0) is 37.1 Å². The molecule has 1 aromatic heterocycles. The van der Waals surface area contributed by atoms with Gasteiger partial charge >= 0.3 is 0 Å². The van der Waals surface area contributed by atoms with Crippen molar-refractivity contribution in [3.8, 4) is 0 Å². The van der Waals surface area contributed by atoms with Crippen molar-refractivity contribution in [1.29, 1.82) is 0 Å². The summed E-state index contributed by atoms with van der Waals surface area (Å²) in [6, 6.07) is 7.82. The first-order valence-electron chi connectivity index (χ1n) is 7.05. The molecule has 1 unspecified atom stereocenters. The number of carbonyl (C=O) groups excluding carboxylic acids is 1. The quantitative estimate of drug-likeness (QED) is 0.805. The summed E-state index contributed by atoms with van der Waals surface area (Å²) in [4.78, 5) is 20.1. The van der Waals surface area contributed by atoms with Gasteiger partial charge in [0.1, 0.15) is 5.82 Å². The molecule has 1 heterocycles. The Morgan fingerprint density at radius 3 is 2.86 bits per heavy atom. The number of rotatable bonds is 6. The second-order valence-corrected chi connectivity index (χ2v) is 5.25. The average Bonchev–Trinajstić information content (AvgIpc) is 2.46. The fourth-order valence-corrected chi connectivity index (χ4v) is 2.10. The molecule has 0 aliphatic rings. The van der Waals surface area contributed by atoms with E-state index in [0.717, 1.165) is 17.3 Å². The van der Waals surface area contributed by atoms with Crippen molar-refractivity contribution in [1.82, 2.24) is 15.3 Å². The van der Waals surface area contributed by atoms with Crippen LogP contribution in [0.25, 0.3) is 10.9 Å². The Morgan fingerprint density at radius 2 is 2.10 bits per heavy atom. The number of nitrogens with zero attached hydrogens (tertiary/aromatic N) is 2. The Hall–Kier alpha value is -1.88. The molecule has 0 saturated heterocycles. The maximum atomic E-state index is 11.7. The zero-order valence-corrected chi connectivity index (χ0v) is 12.9. The molecule has 0 aliphatic heterocycles. The highest BCUT2D eigenvalue weighted by Gasteiger charge is 2.08. The third-order valence-corrected chi connectivity index (χ3v) is 3.41. The van der Waals surface area contributed by atoms with Crippen LogP contribution < -0.4 is 10.6 Å². The highest BCUT2D eigenvalue weighted by molar-refractivity contribution is 6.28. The number of fused-ring (bicyclic) bond motifs is 1. The number of hydrogen-bond donors (Lipinski definition) is 2. The molecule has 0 fully saturated rings. The van der Waals surface area contributed by atoms with Crippen LogP contribution in [0.5, 0.6) is 0 Å². The van der Waals surface area contributed by atoms with Crippen molar-refractivity contribution >= 4 is 34.2 Å². The summed E-state index contributed by atoms with van der Waals surface area (Å²) in [7, 11) is 0. The molecule has 0 aliphatic carbocycles. The molecule has 2 aromatic rings. The van der Waals surface area contributed by atoms with E-state index in [2.05, 4.69) is 20.6 Å².